The molecule has 2 N–H and O–H groups in total. The lowest BCUT2D eigenvalue weighted by molar-refractivity contribution is -0.188. The average Bonchev–Trinajstić information content (AvgIpc) is 3.02. The Morgan fingerprint density at radius 3 is 2.50 bits per heavy atom. The van der Waals surface area contributed by atoms with E-state index in [1.165, 1.54) is 4.88 Å². The zero-order valence-corrected chi connectivity index (χ0v) is 14.1. The number of ether oxygens (including phenoxy) is 2. The van der Waals surface area contributed by atoms with Gasteiger partial charge in [-0.2, -0.15) is 0 Å². The molecule has 0 amide bonds. The minimum Gasteiger partial charge on any atom is -0.347 e. The normalized spacial score (nSPS) is 25.9. The van der Waals surface area contributed by atoms with E-state index in [1.54, 1.807) is 11.3 Å². The number of likely N-dealkylation sites (tertiary alicyclic amines) is 1. The first-order valence-corrected chi connectivity index (χ1v) is 8.78. The minimum absolute atomic E-state index is 0.111. The maximum Gasteiger partial charge on any atom is 0.170 e. The highest BCUT2D eigenvalue weighted by Crippen LogP contribution is 2.37. The van der Waals surface area contributed by atoms with E-state index in [4.69, 9.17) is 15.2 Å². The van der Waals surface area contributed by atoms with Gasteiger partial charge in [-0.15, -0.1) is 11.3 Å². The van der Waals surface area contributed by atoms with Crippen molar-refractivity contribution in [3.63, 3.8) is 0 Å². The van der Waals surface area contributed by atoms with Crippen molar-refractivity contribution in [2.45, 2.75) is 37.6 Å². The molecule has 1 aromatic rings. The first kappa shape index (κ1) is 14.9. The number of halogens is 1. The Morgan fingerprint density at radius 2 is 2.00 bits per heavy atom. The van der Waals surface area contributed by atoms with Crippen LogP contribution in [0.2, 0.25) is 0 Å². The summed E-state index contributed by atoms with van der Waals surface area (Å²) in [5.74, 6) is -0.311. The molecular formula is C14H21BrN2O2S. The maximum absolute atomic E-state index is 6.24. The largest absolute Gasteiger partial charge is 0.347 e. The van der Waals surface area contributed by atoms with Crippen LogP contribution in [0.5, 0.6) is 0 Å². The van der Waals surface area contributed by atoms with Crippen LogP contribution in [0.25, 0.3) is 0 Å². The lowest BCUT2D eigenvalue weighted by atomic mass is 9.98. The summed E-state index contributed by atoms with van der Waals surface area (Å²) in [6.45, 7) is 5.50. The molecule has 2 fully saturated rings. The molecule has 2 aliphatic heterocycles. The number of rotatable bonds is 3. The van der Waals surface area contributed by atoms with Crippen LogP contribution in [0, 0.1) is 0 Å². The van der Waals surface area contributed by atoms with Crippen molar-refractivity contribution >= 4 is 27.3 Å². The predicted molar refractivity (Wildman–Crippen MR) is 83.9 cm³/mol. The lowest BCUT2D eigenvalue weighted by Gasteiger charge is -2.42. The van der Waals surface area contributed by atoms with E-state index in [1.807, 2.05) is 0 Å². The Morgan fingerprint density at radius 1 is 1.35 bits per heavy atom. The molecule has 0 saturated carbocycles. The van der Waals surface area contributed by atoms with Crippen LogP contribution >= 0.6 is 27.3 Å². The van der Waals surface area contributed by atoms with Crippen molar-refractivity contribution in [3.8, 4) is 0 Å². The van der Waals surface area contributed by atoms with Crippen LogP contribution in [-0.2, 0) is 9.47 Å². The van der Waals surface area contributed by atoms with E-state index in [0.717, 1.165) is 43.6 Å². The van der Waals surface area contributed by atoms with E-state index in [2.05, 4.69) is 39.2 Å². The third-order valence-electron chi connectivity index (χ3n) is 4.14. The fraction of sp³-hybridized carbons (Fsp3) is 0.714. The standard InChI is InChI=1S/C14H21BrN2O2S/c1-10(16)13(12-8-11(15)9-20-12)17-4-2-14(3-5-17)18-6-7-19-14/h8-10,13H,2-7,16H2,1H3. The van der Waals surface area contributed by atoms with E-state index in [-0.39, 0.29) is 17.9 Å². The summed E-state index contributed by atoms with van der Waals surface area (Å²) < 4.78 is 12.7. The van der Waals surface area contributed by atoms with Crippen molar-refractivity contribution in [2.75, 3.05) is 26.3 Å². The number of hydrogen-bond acceptors (Lipinski definition) is 5. The highest BCUT2D eigenvalue weighted by Gasteiger charge is 2.41. The van der Waals surface area contributed by atoms with Crippen LogP contribution in [0.15, 0.2) is 15.9 Å². The summed E-state index contributed by atoms with van der Waals surface area (Å²) in [6.07, 6.45) is 1.87. The quantitative estimate of drug-likeness (QED) is 0.900. The Hall–Kier alpha value is 0.0200. The topological polar surface area (TPSA) is 47.7 Å². The van der Waals surface area contributed by atoms with Crippen molar-refractivity contribution in [1.29, 1.82) is 0 Å². The predicted octanol–water partition coefficient (Wildman–Crippen LogP) is 2.74. The SMILES string of the molecule is CC(N)C(c1cc(Br)cs1)N1CCC2(CC1)OCCO2. The minimum atomic E-state index is -0.311. The van der Waals surface area contributed by atoms with Gasteiger partial charge in [-0.3, -0.25) is 4.90 Å². The molecule has 20 heavy (non-hydrogen) atoms. The van der Waals surface area contributed by atoms with Gasteiger partial charge in [-0.25, -0.2) is 0 Å². The van der Waals surface area contributed by atoms with Gasteiger partial charge in [0.05, 0.1) is 19.3 Å². The van der Waals surface area contributed by atoms with Crippen molar-refractivity contribution in [2.24, 2.45) is 5.73 Å². The number of nitrogens with zero attached hydrogens (tertiary/aromatic N) is 1. The summed E-state index contributed by atoms with van der Waals surface area (Å²) >= 11 is 5.31. The smallest absolute Gasteiger partial charge is 0.170 e. The summed E-state index contributed by atoms with van der Waals surface area (Å²) in [5, 5.41) is 2.12. The number of hydrogen-bond donors (Lipinski definition) is 1. The van der Waals surface area contributed by atoms with E-state index in [9.17, 15) is 0 Å². The Balaban J connectivity index is 1.70. The zero-order valence-electron chi connectivity index (χ0n) is 11.7. The number of nitrogens with two attached hydrogens (primary N) is 1. The van der Waals surface area contributed by atoms with Gasteiger partial charge in [0, 0.05) is 46.7 Å². The van der Waals surface area contributed by atoms with Crippen LogP contribution in [0.4, 0.5) is 0 Å². The molecule has 0 aliphatic carbocycles. The maximum atomic E-state index is 6.24. The van der Waals surface area contributed by atoms with Gasteiger partial charge in [0.1, 0.15) is 0 Å². The van der Waals surface area contributed by atoms with Gasteiger partial charge >= 0.3 is 0 Å². The molecular weight excluding hydrogens is 340 g/mol. The molecule has 2 aliphatic rings. The van der Waals surface area contributed by atoms with Crippen LogP contribution in [0.3, 0.4) is 0 Å². The highest BCUT2D eigenvalue weighted by atomic mass is 79.9. The molecule has 112 valence electrons. The fourth-order valence-electron chi connectivity index (χ4n) is 3.18. The molecule has 0 aromatic carbocycles. The molecule has 1 aromatic heterocycles. The number of thiophene rings is 1. The van der Waals surface area contributed by atoms with Crippen LogP contribution < -0.4 is 5.73 Å². The third-order valence-corrected chi connectivity index (χ3v) is 5.91. The second-order valence-electron chi connectivity index (χ2n) is 5.61. The summed E-state index contributed by atoms with van der Waals surface area (Å²) in [5.41, 5.74) is 6.24. The van der Waals surface area contributed by atoms with Crippen LogP contribution in [0.1, 0.15) is 30.7 Å². The molecule has 2 unspecified atom stereocenters. The van der Waals surface area contributed by atoms with Crippen LogP contribution in [-0.4, -0.2) is 43.0 Å². The van der Waals surface area contributed by atoms with Crippen molar-refractivity contribution in [3.05, 3.63) is 20.8 Å². The second-order valence-corrected chi connectivity index (χ2v) is 7.47. The molecule has 3 heterocycles. The Bertz CT molecular complexity index is 450. The molecule has 0 bridgehead atoms. The Kier molecular flexibility index (Phi) is 4.50. The fourth-order valence-corrected chi connectivity index (χ4v) is 4.88. The van der Waals surface area contributed by atoms with Gasteiger partial charge in [0.25, 0.3) is 0 Å². The average molecular weight is 361 g/mol. The van der Waals surface area contributed by atoms with E-state index in [0.29, 0.717) is 0 Å². The Labute approximate surface area is 132 Å². The summed E-state index contributed by atoms with van der Waals surface area (Å²) in [6, 6.07) is 2.58. The monoisotopic (exact) mass is 360 g/mol. The molecule has 1 spiro atoms. The summed E-state index contributed by atoms with van der Waals surface area (Å²) in [4.78, 5) is 3.80. The third kappa shape index (κ3) is 2.96. The van der Waals surface area contributed by atoms with Gasteiger partial charge < -0.3 is 15.2 Å². The molecule has 6 heteroatoms. The van der Waals surface area contributed by atoms with Gasteiger partial charge in [0.2, 0.25) is 0 Å². The lowest BCUT2D eigenvalue weighted by Crippen LogP contribution is -2.49. The molecule has 4 nitrogen and oxygen atoms in total. The second kappa shape index (κ2) is 6.02. The van der Waals surface area contributed by atoms with Gasteiger partial charge in [-0.05, 0) is 28.9 Å². The first-order chi connectivity index (χ1) is 9.60. The van der Waals surface area contributed by atoms with Gasteiger partial charge in [-0.1, -0.05) is 0 Å². The van der Waals surface area contributed by atoms with Crippen molar-refractivity contribution < 1.29 is 9.47 Å². The van der Waals surface area contributed by atoms with Gasteiger partial charge in [0.15, 0.2) is 5.79 Å². The molecule has 0 radical (unpaired) electrons. The summed E-state index contributed by atoms with van der Waals surface area (Å²) in [7, 11) is 0. The van der Waals surface area contributed by atoms with E-state index >= 15 is 0 Å². The molecule has 2 atom stereocenters. The first-order valence-electron chi connectivity index (χ1n) is 7.11. The highest BCUT2D eigenvalue weighted by molar-refractivity contribution is 9.10. The zero-order chi connectivity index (χ0) is 14.2. The van der Waals surface area contributed by atoms with Crippen molar-refractivity contribution in [1.82, 2.24) is 4.90 Å². The molecule has 2 saturated heterocycles. The molecule has 3 rings (SSSR count). The van der Waals surface area contributed by atoms with E-state index < -0.39 is 0 Å². The number of piperidine rings is 1.